The lowest BCUT2D eigenvalue weighted by Crippen LogP contribution is -2.19. The Morgan fingerprint density at radius 1 is 1.16 bits per heavy atom. The molecular weight excluding hydrogens is 321 g/mol. The highest BCUT2D eigenvalue weighted by Gasteiger charge is 2.35. The van der Waals surface area contributed by atoms with Crippen LogP contribution in [-0.2, 0) is 17.9 Å². The van der Waals surface area contributed by atoms with Crippen LogP contribution in [0.3, 0.4) is 0 Å². The fourth-order valence-corrected chi connectivity index (χ4v) is 4.98. The summed E-state index contributed by atoms with van der Waals surface area (Å²) in [4.78, 5) is 1.89. The Hall–Kier alpha value is -0.360. The maximum Gasteiger partial charge on any atom is 0.190 e. The first-order valence-electron chi connectivity index (χ1n) is 5.55. The van der Waals surface area contributed by atoms with E-state index in [-0.39, 0.29) is 0 Å². The molecule has 2 aromatic rings. The number of benzene rings is 2. The lowest BCUT2D eigenvalue weighted by Gasteiger charge is -2.15. The van der Waals surface area contributed by atoms with Crippen LogP contribution in [0.4, 0.5) is 0 Å². The molecule has 0 spiro atoms. The van der Waals surface area contributed by atoms with E-state index in [2.05, 4.69) is 0 Å². The zero-order valence-corrected chi connectivity index (χ0v) is 12.8. The van der Waals surface area contributed by atoms with Gasteiger partial charge in [-0.05, 0) is 29.8 Å². The summed E-state index contributed by atoms with van der Waals surface area (Å²) in [5.74, 6) is 0. The number of hydrogen-bond donors (Lipinski definition) is 0. The van der Waals surface area contributed by atoms with Crippen LogP contribution >= 0.6 is 35.1 Å². The van der Waals surface area contributed by atoms with Gasteiger partial charge in [-0.15, -0.1) is 0 Å². The SMILES string of the molecule is [O-][S+]1c2ccccc2SN1Cc1ccc(Cl)cc1Cl. The zero-order chi connectivity index (χ0) is 13.4. The van der Waals surface area contributed by atoms with E-state index in [1.54, 1.807) is 12.1 Å². The zero-order valence-electron chi connectivity index (χ0n) is 9.68. The van der Waals surface area contributed by atoms with Gasteiger partial charge in [-0.2, -0.15) is 0 Å². The maximum atomic E-state index is 12.3. The highest BCUT2D eigenvalue weighted by atomic mass is 35.5. The summed E-state index contributed by atoms with van der Waals surface area (Å²) in [6.07, 6.45) is 0. The second-order valence-electron chi connectivity index (χ2n) is 4.01. The average Bonchev–Trinajstić information content (AvgIpc) is 2.70. The largest absolute Gasteiger partial charge is 0.592 e. The molecule has 0 N–H and O–H groups in total. The van der Waals surface area contributed by atoms with Crippen LogP contribution in [0.5, 0.6) is 0 Å². The van der Waals surface area contributed by atoms with Crippen LogP contribution in [0, 0.1) is 0 Å². The van der Waals surface area contributed by atoms with Crippen LogP contribution in [0.1, 0.15) is 5.56 Å². The van der Waals surface area contributed by atoms with E-state index in [4.69, 9.17) is 23.2 Å². The van der Waals surface area contributed by atoms with Crippen LogP contribution in [0.2, 0.25) is 10.0 Å². The van der Waals surface area contributed by atoms with Gasteiger partial charge in [0.25, 0.3) is 0 Å². The van der Waals surface area contributed by atoms with Gasteiger partial charge in [0, 0.05) is 22.0 Å². The van der Waals surface area contributed by atoms with E-state index < -0.39 is 11.4 Å². The van der Waals surface area contributed by atoms with Crippen LogP contribution in [0.15, 0.2) is 52.3 Å². The number of nitrogens with zero attached hydrogens (tertiary/aromatic N) is 1. The molecule has 2 aromatic carbocycles. The first kappa shape index (κ1) is 13.6. The standard InChI is InChI=1S/C13H9Cl2NOS2/c14-10-6-5-9(11(15)7-10)8-16-18-12-3-1-2-4-13(12)19(16)17/h1-7H,8H2. The first-order valence-corrected chi connectivity index (χ1v) is 8.19. The van der Waals surface area contributed by atoms with Crippen molar-refractivity contribution in [1.82, 2.24) is 3.71 Å². The van der Waals surface area contributed by atoms with Crippen molar-refractivity contribution in [1.29, 1.82) is 0 Å². The molecular formula is C13H9Cl2NOS2. The second-order valence-corrected chi connectivity index (χ2v) is 7.53. The number of rotatable bonds is 2. The molecule has 0 saturated heterocycles. The molecule has 0 aliphatic carbocycles. The molecule has 1 aliphatic rings. The van der Waals surface area contributed by atoms with Gasteiger partial charge in [-0.3, -0.25) is 0 Å². The molecule has 98 valence electrons. The minimum Gasteiger partial charge on any atom is -0.592 e. The monoisotopic (exact) mass is 329 g/mol. The lowest BCUT2D eigenvalue weighted by atomic mass is 10.2. The van der Waals surface area contributed by atoms with Crippen molar-refractivity contribution in [2.24, 2.45) is 0 Å². The lowest BCUT2D eigenvalue weighted by molar-refractivity contribution is 0.544. The van der Waals surface area contributed by atoms with Crippen LogP contribution in [0.25, 0.3) is 0 Å². The summed E-state index contributed by atoms with van der Waals surface area (Å²) >= 11 is 12.4. The Morgan fingerprint density at radius 2 is 1.95 bits per heavy atom. The van der Waals surface area contributed by atoms with Crippen molar-refractivity contribution in [3.63, 3.8) is 0 Å². The van der Waals surface area contributed by atoms with Crippen molar-refractivity contribution in [3.05, 3.63) is 58.1 Å². The average molecular weight is 330 g/mol. The molecule has 0 saturated carbocycles. The molecule has 0 fully saturated rings. The third-order valence-corrected chi connectivity index (χ3v) is 6.20. The van der Waals surface area contributed by atoms with Gasteiger partial charge >= 0.3 is 0 Å². The Kier molecular flexibility index (Phi) is 3.98. The Morgan fingerprint density at radius 3 is 2.68 bits per heavy atom. The summed E-state index contributed by atoms with van der Waals surface area (Å²) in [6.45, 7) is 0.516. The molecule has 2 nitrogen and oxygen atoms in total. The van der Waals surface area contributed by atoms with E-state index >= 15 is 0 Å². The minimum atomic E-state index is -1.15. The van der Waals surface area contributed by atoms with Gasteiger partial charge < -0.3 is 4.55 Å². The maximum absolute atomic E-state index is 12.3. The Labute approximate surface area is 129 Å². The van der Waals surface area contributed by atoms with Gasteiger partial charge in [0.15, 0.2) is 4.90 Å². The number of hydrogen-bond acceptors (Lipinski definition) is 3. The molecule has 1 atom stereocenters. The summed E-state index contributed by atoms with van der Waals surface area (Å²) in [5.41, 5.74) is 0.916. The second kappa shape index (κ2) is 5.56. The van der Waals surface area contributed by atoms with Gasteiger partial charge in [0.05, 0.1) is 22.8 Å². The summed E-state index contributed by atoms with van der Waals surface area (Å²) in [6, 6.07) is 13.1. The van der Waals surface area contributed by atoms with E-state index in [0.717, 1.165) is 15.4 Å². The molecule has 1 unspecified atom stereocenters. The van der Waals surface area contributed by atoms with Crippen molar-refractivity contribution in [3.8, 4) is 0 Å². The van der Waals surface area contributed by atoms with Gasteiger partial charge in [0.2, 0.25) is 0 Å². The summed E-state index contributed by atoms with van der Waals surface area (Å²) in [7, 11) is 0. The van der Waals surface area contributed by atoms with Gasteiger partial charge in [0.1, 0.15) is 0 Å². The number of halogens is 2. The van der Waals surface area contributed by atoms with Crippen molar-refractivity contribution in [2.75, 3.05) is 0 Å². The van der Waals surface area contributed by atoms with Crippen molar-refractivity contribution < 1.29 is 4.55 Å². The van der Waals surface area contributed by atoms with Crippen LogP contribution in [-0.4, -0.2) is 8.26 Å². The Balaban J connectivity index is 1.83. The molecule has 3 rings (SSSR count). The predicted octanol–water partition coefficient (Wildman–Crippen LogP) is 4.54. The first-order chi connectivity index (χ1) is 9.15. The van der Waals surface area contributed by atoms with E-state index in [1.807, 2.05) is 34.0 Å². The third kappa shape index (κ3) is 2.75. The minimum absolute atomic E-state index is 0.516. The molecule has 0 amide bonds. The van der Waals surface area contributed by atoms with Crippen molar-refractivity contribution >= 4 is 46.5 Å². The summed E-state index contributed by atoms with van der Waals surface area (Å²) < 4.78 is 14.1. The Bertz CT molecular complexity index is 623. The van der Waals surface area contributed by atoms with Crippen LogP contribution < -0.4 is 0 Å². The molecule has 1 heterocycles. The molecule has 19 heavy (non-hydrogen) atoms. The molecule has 0 radical (unpaired) electrons. The van der Waals surface area contributed by atoms with E-state index in [0.29, 0.717) is 16.6 Å². The molecule has 0 aromatic heterocycles. The highest BCUT2D eigenvalue weighted by Crippen LogP contribution is 2.42. The summed E-state index contributed by atoms with van der Waals surface area (Å²) in [5, 5.41) is 1.20. The van der Waals surface area contributed by atoms with Crippen molar-refractivity contribution in [2.45, 2.75) is 16.3 Å². The van der Waals surface area contributed by atoms with E-state index in [9.17, 15) is 4.55 Å². The quantitative estimate of drug-likeness (QED) is 0.597. The molecule has 1 aliphatic heterocycles. The molecule has 6 heteroatoms. The predicted molar refractivity (Wildman–Crippen MR) is 80.7 cm³/mol. The fraction of sp³-hybridized carbons (Fsp3) is 0.0769. The smallest absolute Gasteiger partial charge is 0.190 e. The third-order valence-electron chi connectivity index (χ3n) is 2.74. The number of fused-ring (bicyclic) bond motifs is 1. The molecule has 0 bridgehead atoms. The fourth-order valence-electron chi connectivity index (χ4n) is 1.80. The normalized spacial score (nSPS) is 18.6. The highest BCUT2D eigenvalue weighted by molar-refractivity contribution is 8.11. The van der Waals surface area contributed by atoms with E-state index in [1.165, 1.54) is 11.9 Å². The van der Waals surface area contributed by atoms with Gasteiger partial charge in [-0.25, -0.2) is 0 Å². The van der Waals surface area contributed by atoms with Gasteiger partial charge in [-0.1, -0.05) is 45.1 Å². The topological polar surface area (TPSA) is 26.3 Å².